The first-order valence-electron chi connectivity index (χ1n) is 10.2. The summed E-state index contributed by atoms with van der Waals surface area (Å²) in [6.45, 7) is 6.51. The van der Waals surface area contributed by atoms with Crippen LogP contribution in [0.4, 0.5) is 5.13 Å². The standard InChI is InChI=1S/C22H26N4O3S3/c1-4-26(5-2)32(28,29)19-12-10-18(11-13-19)20(27)14-23-21-24-25-22(31-21)30-15-17-8-6-16(3)7-9-17/h6-13H,4-5,14-15H2,1-3H3,(H,23,24). The number of hydrogen-bond acceptors (Lipinski definition) is 8. The Balaban J connectivity index is 1.54. The van der Waals surface area contributed by atoms with Crippen molar-refractivity contribution in [3.63, 3.8) is 0 Å². The van der Waals surface area contributed by atoms with Gasteiger partial charge < -0.3 is 5.32 Å². The summed E-state index contributed by atoms with van der Waals surface area (Å²) in [5, 5.41) is 11.8. The molecule has 1 N–H and O–H groups in total. The molecule has 0 aliphatic rings. The van der Waals surface area contributed by atoms with Crippen LogP contribution in [0, 0.1) is 6.92 Å². The number of Topliss-reactive ketones (excluding diaryl/α,β-unsaturated/α-hetero) is 1. The molecule has 32 heavy (non-hydrogen) atoms. The summed E-state index contributed by atoms with van der Waals surface area (Å²) < 4.78 is 27.3. The number of sulfonamides is 1. The lowest BCUT2D eigenvalue weighted by atomic mass is 10.1. The second-order valence-corrected chi connectivity index (χ2v) is 11.2. The van der Waals surface area contributed by atoms with E-state index >= 15 is 0 Å². The molecule has 0 spiro atoms. The zero-order valence-electron chi connectivity index (χ0n) is 18.2. The van der Waals surface area contributed by atoms with E-state index in [0.717, 1.165) is 10.1 Å². The van der Waals surface area contributed by atoms with E-state index in [1.807, 2.05) is 0 Å². The highest BCUT2D eigenvalue weighted by Crippen LogP contribution is 2.28. The Morgan fingerprint density at radius 1 is 1.03 bits per heavy atom. The number of carbonyl (C=O) groups excluding carboxylic acids is 1. The van der Waals surface area contributed by atoms with Gasteiger partial charge in [-0.05, 0) is 36.8 Å². The lowest BCUT2D eigenvalue weighted by molar-refractivity contribution is 0.101. The van der Waals surface area contributed by atoms with Crippen molar-refractivity contribution in [2.45, 2.75) is 35.8 Å². The molecule has 10 heteroatoms. The minimum atomic E-state index is -3.54. The molecule has 0 saturated heterocycles. The predicted molar refractivity (Wildman–Crippen MR) is 130 cm³/mol. The summed E-state index contributed by atoms with van der Waals surface area (Å²) in [5.74, 6) is 0.650. The van der Waals surface area contributed by atoms with E-state index in [0.29, 0.717) is 23.8 Å². The van der Waals surface area contributed by atoms with Crippen LogP contribution in [0.2, 0.25) is 0 Å². The molecule has 0 fully saturated rings. The summed E-state index contributed by atoms with van der Waals surface area (Å²) in [4.78, 5) is 12.7. The average Bonchev–Trinajstić information content (AvgIpc) is 3.25. The smallest absolute Gasteiger partial charge is 0.243 e. The van der Waals surface area contributed by atoms with Crippen molar-refractivity contribution in [1.29, 1.82) is 0 Å². The van der Waals surface area contributed by atoms with E-state index in [2.05, 4.69) is 46.7 Å². The number of nitrogens with zero attached hydrogens (tertiary/aromatic N) is 3. The molecule has 3 rings (SSSR count). The number of thioether (sulfide) groups is 1. The van der Waals surface area contributed by atoms with E-state index < -0.39 is 10.0 Å². The van der Waals surface area contributed by atoms with Crippen molar-refractivity contribution < 1.29 is 13.2 Å². The Labute approximate surface area is 197 Å². The van der Waals surface area contributed by atoms with Crippen LogP contribution in [-0.4, -0.2) is 48.3 Å². The number of ketones is 1. The molecule has 3 aromatic rings. The molecule has 0 aliphatic heterocycles. The molecule has 0 amide bonds. The number of anilines is 1. The van der Waals surface area contributed by atoms with Crippen molar-refractivity contribution in [3.8, 4) is 0 Å². The van der Waals surface area contributed by atoms with Crippen molar-refractivity contribution in [2.75, 3.05) is 25.0 Å². The molecule has 0 aliphatic carbocycles. The third-order valence-electron chi connectivity index (χ3n) is 4.81. The third kappa shape index (κ3) is 6.16. The van der Waals surface area contributed by atoms with Gasteiger partial charge in [0.2, 0.25) is 15.2 Å². The van der Waals surface area contributed by atoms with Gasteiger partial charge >= 0.3 is 0 Å². The van der Waals surface area contributed by atoms with Crippen molar-refractivity contribution in [3.05, 3.63) is 65.2 Å². The molecule has 0 unspecified atom stereocenters. The highest BCUT2D eigenvalue weighted by Gasteiger charge is 2.21. The summed E-state index contributed by atoms with van der Waals surface area (Å²) in [6.07, 6.45) is 0. The van der Waals surface area contributed by atoms with Crippen molar-refractivity contribution in [2.24, 2.45) is 0 Å². The lowest BCUT2D eigenvalue weighted by Crippen LogP contribution is -2.30. The zero-order valence-corrected chi connectivity index (χ0v) is 20.7. The SMILES string of the molecule is CCN(CC)S(=O)(=O)c1ccc(C(=O)CNc2nnc(SCc3ccc(C)cc3)s2)cc1. The molecular formula is C22H26N4O3S3. The summed E-state index contributed by atoms with van der Waals surface area (Å²) in [5.41, 5.74) is 2.88. The topological polar surface area (TPSA) is 92.3 Å². The summed E-state index contributed by atoms with van der Waals surface area (Å²) >= 11 is 3.00. The van der Waals surface area contributed by atoms with Gasteiger partial charge in [0.25, 0.3) is 0 Å². The van der Waals surface area contributed by atoms with Gasteiger partial charge in [-0.3, -0.25) is 4.79 Å². The summed E-state index contributed by atoms with van der Waals surface area (Å²) in [7, 11) is -3.54. The highest BCUT2D eigenvalue weighted by atomic mass is 32.2. The Morgan fingerprint density at radius 2 is 1.69 bits per heavy atom. The first-order chi connectivity index (χ1) is 15.3. The molecule has 0 saturated carbocycles. The molecule has 0 radical (unpaired) electrons. The third-order valence-corrected chi connectivity index (χ3v) is 8.96. The second-order valence-electron chi connectivity index (χ2n) is 7.04. The number of aryl methyl sites for hydroxylation is 1. The van der Waals surface area contributed by atoms with Crippen molar-refractivity contribution >= 4 is 44.0 Å². The van der Waals surface area contributed by atoms with Gasteiger partial charge in [-0.2, -0.15) is 4.31 Å². The molecule has 1 heterocycles. The van der Waals surface area contributed by atoms with Crippen molar-refractivity contribution in [1.82, 2.24) is 14.5 Å². The molecule has 2 aromatic carbocycles. The maximum Gasteiger partial charge on any atom is 0.243 e. The van der Waals surface area contributed by atoms with Gasteiger partial charge in [-0.1, -0.05) is 66.8 Å². The first kappa shape index (κ1) is 24.4. The predicted octanol–water partition coefficient (Wildman–Crippen LogP) is 4.46. The number of carbonyl (C=O) groups is 1. The second kappa shape index (κ2) is 11.0. The monoisotopic (exact) mass is 490 g/mol. The van der Waals surface area contributed by atoms with Crippen LogP contribution in [0.3, 0.4) is 0 Å². The Hall–Kier alpha value is -2.27. The molecule has 7 nitrogen and oxygen atoms in total. The van der Waals surface area contributed by atoms with Crippen LogP contribution < -0.4 is 5.32 Å². The molecule has 0 bridgehead atoms. The van der Waals surface area contributed by atoms with E-state index in [-0.39, 0.29) is 17.2 Å². The number of benzene rings is 2. The highest BCUT2D eigenvalue weighted by molar-refractivity contribution is 8.00. The number of hydrogen-bond donors (Lipinski definition) is 1. The minimum absolute atomic E-state index is 0.0550. The van der Waals surface area contributed by atoms with E-state index in [1.54, 1.807) is 37.7 Å². The minimum Gasteiger partial charge on any atom is -0.353 e. The Kier molecular flexibility index (Phi) is 8.41. The first-order valence-corrected chi connectivity index (χ1v) is 13.5. The zero-order chi connectivity index (χ0) is 23.1. The van der Waals surface area contributed by atoms with Gasteiger partial charge in [0.15, 0.2) is 10.1 Å². The van der Waals surface area contributed by atoms with Gasteiger partial charge in [0.1, 0.15) is 0 Å². The van der Waals surface area contributed by atoms with Gasteiger partial charge in [0.05, 0.1) is 11.4 Å². The number of aromatic nitrogens is 2. The largest absolute Gasteiger partial charge is 0.353 e. The van der Waals surface area contributed by atoms with Crippen LogP contribution in [-0.2, 0) is 15.8 Å². The van der Waals surface area contributed by atoms with E-state index in [4.69, 9.17) is 0 Å². The average molecular weight is 491 g/mol. The Bertz CT molecular complexity index is 1140. The molecule has 0 atom stereocenters. The van der Waals surface area contributed by atoms with Crippen LogP contribution in [0.25, 0.3) is 0 Å². The van der Waals surface area contributed by atoms with Crippen LogP contribution >= 0.6 is 23.1 Å². The van der Waals surface area contributed by atoms with Gasteiger partial charge in [-0.25, -0.2) is 8.42 Å². The van der Waals surface area contributed by atoms with Crippen LogP contribution in [0.5, 0.6) is 0 Å². The van der Waals surface area contributed by atoms with Gasteiger partial charge in [-0.15, -0.1) is 10.2 Å². The fourth-order valence-corrected chi connectivity index (χ4v) is 6.11. The molecule has 1 aromatic heterocycles. The summed E-state index contributed by atoms with van der Waals surface area (Å²) in [6, 6.07) is 14.4. The number of nitrogens with one attached hydrogen (secondary N) is 1. The number of rotatable bonds is 11. The lowest BCUT2D eigenvalue weighted by Gasteiger charge is -2.18. The normalized spacial score (nSPS) is 11.6. The van der Waals surface area contributed by atoms with Gasteiger partial charge in [0, 0.05) is 24.4 Å². The maximum atomic E-state index is 12.6. The van der Waals surface area contributed by atoms with Crippen LogP contribution in [0.15, 0.2) is 57.8 Å². The quantitative estimate of drug-likeness (QED) is 0.313. The fraction of sp³-hybridized carbons (Fsp3) is 0.318. The maximum absolute atomic E-state index is 12.6. The molecule has 170 valence electrons. The molecular weight excluding hydrogens is 464 g/mol. The van der Waals surface area contributed by atoms with E-state index in [9.17, 15) is 13.2 Å². The van der Waals surface area contributed by atoms with Crippen LogP contribution in [0.1, 0.15) is 35.3 Å². The Morgan fingerprint density at radius 3 is 2.31 bits per heavy atom. The fourth-order valence-electron chi connectivity index (χ4n) is 2.95. The van der Waals surface area contributed by atoms with E-state index in [1.165, 1.54) is 38.9 Å².